The van der Waals surface area contributed by atoms with Crippen LogP contribution in [0.4, 0.5) is 4.39 Å². The average molecular weight is 180 g/mol. The number of hydrogen-bond acceptors (Lipinski definition) is 2. The van der Waals surface area contributed by atoms with Crippen LogP contribution in [0.25, 0.3) is 11.0 Å². The first kappa shape index (κ1) is 8.26. The molecule has 0 saturated carbocycles. The van der Waals surface area contributed by atoms with Crippen molar-refractivity contribution in [2.45, 2.75) is 6.17 Å². The molecular weight excluding hydrogens is 171 g/mol. The Morgan fingerprint density at radius 2 is 2.23 bits per heavy atom. The molecule has 1 aromatic carbocycles. The minimum Gasteiger partial charge on any atom is -0.464 e. The third kappa shape index (κ3) is 1.42. The van der Waals surface area contributed by atoms with Gasteiger partial charge in [-0.05, 0) is 23.8 Å². The lowest BCUT2D eigenvalue weighted by Crippen LogP contribution is -1.96. The molecule has 0 aliphatic rings. The van der Waals surface area contributed by atoms with Gasteiger partial charge >= 0.3 is 0 Å². The van der Waals surface area contributed by atoms with Gasteiger partial charge in [0, 0.05) is 5.39 Å². The topological polar surface area (TPSA) is 33.4 Å². The zero-order chi connectivity index (χ0) is 9.26. The smallest absolute Gasteiger partial charge is 0.148 e. The van der Waals surface area contributed by atoms with Crippen LogP contribution in [0.5, 0.6) is 0 Å². The van der Waals surface area contributed by atoms with Crippen LogP contribution in [0.15, 0.2) is 34.9 Å². The predicted octanol–water partition coefficient (Wildman–Crippen LogP) is 2.44. The first-order valence-corrected chi connectivity index (χ1v) is 4.03. The predicted molar refractivity (Wildman–Crippen MR) is 47.1 cm³/mol. The first-order valence-electron chi connectivity index (χ1n) is 4.03. The second-order valence-electron chi connectivity index (χ2n) is 2.87. The van der Waals surface area contributed by atoms with Crippen molar-refractivity contribution in [1.82, 2.24) is 0 Å². The molecule has 68 valence electrons. The molecule has 0 bridgehead atoms. The van der Waals surface area contributed by atoms with E-state index >= 15 is 0 Å². The molecule has 1 unspecified atom stereocenters. The zero-order valence-corrected chi connectivity index (χ0v) is 6.90. The molecule has 3 heteroatoms. The number of aliphatic hydroxyl groups excluding tert-OH is 1. The minimum absolute atomic E-state index is 0.483. The van der Waals surface area contributed by atoms with E-state index in [1.165, 1.54) is 0 Å². The van der Waals surface area contributed by atoms with Gasteiger partial charge in [-0.3, -0.25) is 0 Å². The fourth-order valence-corrected chi connectivity index (χ4v) is 1.29. The van der Waals surface area contributed by atoms with Crippen molar-refractivity contribution in [3.05, 3.63) is 36.1 Å². The van der Waals surface area contributed by atoms with Gasteiger partial charge in [-0.2, -0.15) is 0 Å². The van der Waals surface area contributed by atoms with Crippen molar-refractivity contribution in [1.29, 1.82) is 0 Å². The lowest BCUT2D eigenvalue weighted by Gasteiger charge is -2.03. The highest BCUT2D eigenvalue weighted by atomic mass is 19.1. The van der Waals surface area contributed by atoms with Crippen LogP contribution in [-0.2, 0) is 0 Å². The number of alkyl halides is 1. The lowest BCUT2D eigenvalue weighted by molar-refractivity contribution is 0.180. The molecule has 0 saturated heterocycles. The van der Waals surface area contributed by atoms with Crippen LogP contribution < -0.4 is 0 Å². The summed E-state index contributed by atoms with van der Waals surface area (Å²) in [7, 11) is 0. The molecule has 0 amide bonds. The molecule has 13 heavy (non-hydrogen) atoms. The van der Waals surface area contributed by atoms with Crippen molar-refractivity contribution >= 4 is 11.0 Å². The van der Waals surface area contributed by atoms with Crippen molar-refractivity contribution in [2.75, 3.05) is 6.61 Å². The molecule has 2 aromatic rings. The van der Waals surface area contributed by atoms with Gasteiger partial charge < -0.3 is 9.52 Å². The van der Waals surface area contributed by atoms with E-state index < -0.39 is 12.8 Å². The Hall–Kier alpha value is -1.35. The third-order valence-corrected chi connectivity index (χ3v) is 2.00. The number of halogens is 1. The van der Waals surface area contributed by atoms with Gasteiger partial charge in [-0.25, -0.2) is 4.39 Å². The van der Waals surface area contributed by atoms with E-state index in [1.54, 1.807) is 30.5 Å². The molecule has 1 heterocycles. The number of benzene rings is 1. The Labute approximate surface area is 74.6 Å². The van der Waals surface area contributed by atoms with Gasteiger partial charge in [0.15, 0.2) is 0 Å². The monoisotopic (exact) mass is 180 g/mol. The second-order valence-corrected chi connectivity index (χ2v) is 2.87. The molecular formula is C10H9FO2. The molecule has 1 atom stereocenters. The van der Waals surface area contributed by atoms with E-state index in [9.17, 15) is 4.39 Å². The summed E-state index contributed by atoms with van der Waals surface area (Å²) in [5.41, 5.74) is 1.21. The summed E-state index contributed by atoms with van der Waals surface area (Å²) in [5, 5.41) is 9.47. The summed E-state index contributed by atoms with van der Waals surface area (Å²) < 4.78 is 18.1. The van der Waals surface area contributed by atoms with Crippen LogP contribution in [0.1, 0.15) is 11.7 Å². The van der Waals surface area contributed by atoms with Crippen LogP contribution in [-0.4, -0.2) is 11.7 Å². The molecule has 0 aliphatic carbocycles. The molecule has 0 radical (unpaired) electrons. The largest absolute Gasteiger partial charge is 0.464 e. The Morgan fingerprint density at radius 1 is 1.38 bits per heavy atom. The Bertz CT molecular complexity index is 408. The third-order valence-electron chi connectivity index (χ3n) is 2.00. The maximum Gasteiger partial charge on any atom is 0.148 e. The standard InChI is InChI=1S/C10H9FO2/c11-9(6-12)7-1-2-10-8(5-7)3-4-13-10/h1-5,9,12H,6H2. The van der Waals surface area contributed by atoms with Gasteiger partial charge in [0.2, 0.25) is 0 Å². The average Bonchev–Trinajstić information content (AvgIpc) is 2.63. The summed E-state index contributed by atoms with van der Waals surface area (Å²) in [4.78, 5) is 0. The molecule has 2 rings (SSSR count). The highest BCUT2D eigenvalue weighted by molar-refractivity contribution is 5.77. The van der Waals surface area contributed by atoms with Crippen LogP contribution in [0.3, 0.4) is 0 Å². The number of rotatable bonds is 2. The molecule has 0 spiro atoms. The highest BCUT2D eigenvalue weighted by Crippen LogP contribution is 2.22. The van der Waals surface area contributed by atoms with E-state index in [0.717, 1.165) is 11.0 Å². The van der Waals surface area contributed by atoms with E-state index in [-0.39, 0.29) is 0 Å². The van der Waals surface area contributed by atoms with Crippen molar-refractivity contribution in [2.24, 2.45) is 0 Å². The summed E-state index contributed by atoms with van der Waals surface area (Å²) in [6, 6.07) is 6.77. The fraction of sp³-hybridized carbons (Fsp3) is 0.200. The van der Waals surface area contributed by atoms with Crippen molar-refractivity contribution < 1.29 is 13.9 Å². The number of hydrogen-bond donors (Lipinski definition) is 1. The van der Waals surface area contributed by atoms with E-state index in [4.69, 9.17) is 9.52 Å². The maximum atomic E-state index is 13.0. The van der Waals surface area contributed by atoms with Crippen molar-refractivity contribution in [3.63, 3.8) is 0 Å². The van der Waals surface area contributed by atoms with Crippen molar-refractivity contribution in [3.8, 4) is 0 Å². The molecule has 1 N–H and O–H groups in total. The Morgan fingerprint density at radius 3 is 3.00 bits per heavy atom. The Balaban J connectivity index is 2.48. The number of aliphatic hydroxyl groups is 1. The molecule has 0 aliphatic heterocycles. The lowest BCUT2D eigenvalue weighted by atomic mass is 10.1. The van der Waals surface area contributed by atoms with Gasteiger partial charge in [0.05, 0.1) is 12.9 Å². The fourth-order valence-electron chi connectivity index (χ4n) is 1.29. The normalized spacial score (nSPS) is 13.4. The summed E-state index contributed by atoms with van der Waals surface area (Å²) >= 11 is 0. The number of furan rings is 1. The van der Waals surface area contributed by atoms with Gasteiger partial charge in [-0.15, -0.1) is 0 Å². The molecule has 2 nitrogen and oxygen atoms in total. The summed E-state index contributed by atoms with van der Waals surface area (Å²) in [6.07, 6.45) is 0.250. The number of fused-ring (bicyclic) bond motifs is 1. The zero-order valence-electron chi connectivity index (χ0n) is 6.90. The highest BCUT2D eigenvalue weighted by Gasteiger charge is 2.08. The summed E-state index contributed by atoms with van der Waals surface area (Å²) in [5.74, 6) is 0. The van der Waals surface area contributed by atoms with E-state index in [2.05, 4.69) is 0 Å². The van der Waals surface area contributed by atoms with E-state index in [1.807, 2.05) is 0 Å². The molecule has 0 fully saturated rings. The molecule has 1 aromatic heterocycles. The van der Waals surface area contributed by atoms with Gasteiger partial charge in [0.1, 0.15) is 11.8 Å². The van der Waals surface area contributed by atoms with Crippen LogP contribution in [0.2, 0.25) is 0 Å². The second kappa shape index (κ2) is 3.18. The van der Waals surface area contributed by atoms with Crippen LogP contribution in [0, 0.1) is 0 Å². The Kier molecular flexibility index (Phi) is 2.02. The van der Waals surface area contributed by atoms with Gasteiger partial charge in [0.25, 0.3) is 0 Å². The minimum atomic E-state index is -1.31. The van der Waals surface area contributed by atoms with Crippen LogP contribution >= 0.6 is 0 Å². The first-order chi connectivity index (χ1) is 6.31. The van der Waals surface area contributed by atoms with E-state index in [0.29, 0.717) is 5.56 Å². The quantitative estimate of drug-likeness (QED) is 0.769. The summed E-state index contributed by atoms with van der Waals surface area (Å²) in [6.45, 7) is -0.483. The van der Waals surface area contributed by atoms with Gasteiger partial charge in [-0.1, -0.05) is 6.07 Å². The maximum absolute atomic E-state index is 13.0. The SMILES string of the molecule is OCC(F)c1ccc2occc2c1.